The molecule has 0 bridgehead atoms. The first-order valence-electron chi connectivity index (χ1n) is 6.21. The van der Waals surface area contributed by atoms with E-state index in [4.69, 9.17) is 17.3 Å². The maximum atomic E-state index is 12.5. The monoisotopic (exact) mass is 290 g/mol. The van der Waals surface area contributed by atoms with Crippen molar-refractivity contribution >= 4 is 23.3 Å². The summed E-state index contributed by atoms with van der Waals surface area (Å²) < 4.78 is 0. The van der Waals surface area contributed by atoms with Crippen molar-refractivity contribution in [2.45, 2.75) is 13.5 Å². The van der Waals surface area contributed by atoms with Gasteiger partial charge in [0.25, 0.3) is 5.91 Å². The molecule has 0 unspecified atom stereocenters. The molecule has 0 aliphatic carbocycles. The molecule has 2 N–H and O–H groups in total. The number of nitrogens with two attached hydrogens (primary N) is 1. The van der Waals surface area contributed by atoms with Crippen molar-refractivity contribution in [2.24, 2.45) is 0 Å². The summed E-state index contributed by atoms with van der Waals surface area (Å²) in [7, 11) is 0. The molecular weight excluding hydrogens is 276 g/mol. The Balaban J connectivity index is 2.20. The van der Waals surface area contributed by atoms with Gasteiger partial charge in [-0.05, 0) is 36.8 Å². The molecule has 0 atom stereocenters. The number of rotatable bonds is 4. The molecule has 6 heteroatoms. The highest BCUT2D eigenvalue weighted by Crippen LogP contribution is 2.15. The normalized spacial score (nSPS) is 10.3. The van der Waals surface area contributed by atoms with E-state index in [1.165, 1.54) is 12.1 Å². The molecule has 104 valence electrons. The lowest BCUT2D eigenvalue weighted by Gasteiger charge is -2.21. The van der Waals surface area contributed by atoms with Gasteiger partial charge < -0.3 is 10.6 Å². The van der Waals surface area contributed by atoms with Gasteiger partial charge in [0.15, 0.2) is 0 Å². The van der Waals surface area contributed by atoms with Crippen molar-refractivity contribution < 1.29 is 4.79 Å². The maximum absolute atomic E-state index is 12.5. The molecule has 5 nitrogen and oxygen atoms in total. The first-order chi connectivity index (χ1) is 9.60. The van der Waals surface area contributed by atoms with Crippen LogP contribution in [0.5, 0.6) is 0 Å². The first kappa shape index (κ1) is 14.3. The fraction of sp³-hybridized carbons (Fsp3) is 0.214. The molecule has 0 spiro atoms. The number of carbonyl (C=O) groups is 1. The number of aromatic nitrogens is 2. The molecule has 0 fully saturated rings. The van der Waals surface area contributed by atoms with Gasteiger partial charge in [0, 0.05) is 31.0 Å². The van der Waals surface area contributed by atoms with Gasteiger partial charge in [-0.25, -0.2) is 4.98 Å². The van der Waals surface area contributed by atoms with Crippen LogP contribution in [-0.2, 0) is 6.54 Å². The summed E-state index contributed by atoms with van der Waals surface area (Å²) in [6, 6.07) is 6.81. The van der Waals surface area contributed by atoms with Gasteiger partial charge in [0.05, 0.1) is 0 Å². The summed E-state index contributed by atoms with van der Waals surface area (Å²) in [6.45, 7) is 3.02. The third-order valence-electron chi connectivity index (χ3n) is 2.85. The Morgan fingerprint density at radius 1 is 1.35 bits per heavy atom. The topological polar surface area (TPSA) is 72.1 Å². The second-order valence-electron chi connectivity index (χ2n) is 4.28. The van der Waals surface area contributed by atoms with Gasteiger partial charge in [0.2, 0.25) is 0 Å². The Morgan fingerprint density at radius 2 is 2.05 bits per heavy atom. The third kappa shape index (κ3) is 3.45. The number of nitrogen functional groups attached to an aromatic ring is 1. The van der Waals surface area contributed by atoms with Crippen LogP contribution in [0.25, 0.3) is 0 Å². The smallest absolute Gasteiger partial charge is 0.254 e. The maximum Gasteiger partial charge on any atom is 0.254 e. The largest absolute Gasteiger partial charge is 0.384 e. The van der Waals surface area contributed by atoms with E-state index in [0.717, 1.165) is 5.56 Å². The van der Waals surface area contributed by atoms with Crippen molar-refractivity contribution in [3.8, 4) is 0 Å². The molecule has 2 aromatic heterocycles. The lowest BCUT2D eigenvalue weighted by molar-refractivity contribution is 0.0752. The summed E-state index contributed by atoms with van der Waals surface area (Å²) in [6.07, 6.45) is 3.41. The van der Waals surface area contributed by atoms with Crippen LogP contribution in [0.4, 0.5) is 5.82 Å². The van der Waals surface area contributed by atoms with Gasteiger partial charge in [-0.2, -0.15) is 0 Å². The number of hydrogen-bond donors (Lipinski definition) is 1. The van der Waals surface area contributed by atoms with Crippen LogP contribution < -0.4 is 5.73 Å². The van der Waals surface area contributed by atoms with E-state index in [1.807, 2.05) is 19.1 Å². The SMILES string of the molecule is CCN(Cc1ccncc1)C(=O)c1cc(N)nc(Cl)c1. The van der Waals surface area contributed by atoms with Gasteiger partial charge >= 0.3 is 0 Å². The van der Waals surface area contributed by atoms with E-state index in [9.17, 15) is 4.79 Å². The molecule has 2 aromatic rings. The Hall–Kier alpha value is -2.14. The molecule has 0 saturated heterocycles. The van der Waals surface area contributed by atoms with E-state index in [2.05, 4.69) is 9.97 Å². The van der Waals surface area contributed by atoms with E-state index >= 15 is 0 Å². The molecular formula is C14H15ClN4O. The average molecular weight is 291 g/mol. The highest BCUT2D eigenvalue weighted by molar-refractivity contribution is 6.29. The van der Waals surface area contributed by atoms with E-state index < -0.39 is 0 Å². The number of nitrogens with zero attached hydrogens (tertiary/aromatic N) is 3. The molecule has 0 aliphatic rings. The van der Waals surface area contributed by atoms with Crippen molar-refractivity contribution in [3.05, 3.63) is 52.9 Å². The summed E-state index contributed by atoms with van der Waals surface area (Å²) in [5, 5.41) is 0.216. The second kappa shape index (κ2) is 6.34. The first-order valence-corrected chi connectivity index (χ1v) is 6.59. The van der Waals surface area contributed by atoms with Crippen LogP contribution in [0.15, 0.2) is 36.7 Å². The fourth-order valence-electron chi connectivity index (χ4n) is 1.86. The highest BCUT2D eigenvalue weighted by Gasteiger charge is 2.16. The number of pyridine rings is 2. The molecule has 1 amide bonds. The number of halogens is 1. The number of amides is 1. The zero-order valence-corrected chi connectivity index (χ0v) is 11.8. The van der Waals surface area contributed by atoms with Crippen LogP contribution in [0.2, 0.25) is 5.15 Å². The van der Waals surface area contributed by atoms with E-state index in [0.29, 0.717) is 18.7 Å². The molecule has 20 heavy (non-hydrogen) atoms. The van der Waals surface area contributed by atoms with Gasteiger partial charge in [-0.1, -0.05) is 11.6 Å². The Labute approximate surface area is 122 Å². The second-order valence-corrected chi connectivity index (χ2v) is 4.67. The summed E-state index contributed by atoms with van der Waals surface area (Å²) >= 11 is 5.83. The van der Waals surface area contributed by atoms with Crippen LogP contribution in [-0.4, -0.2) is 27.3 Å². The van der Waals surface area contributed by atoms with Crippen molar-refractivity contribution in [1.82, 2.24) is 14.9 Å². The lowest BCUT2D eigenvalue weighted by Crippen LogP contribution is -2.30. The van der Waals surface area contributed by atoms with Gasteiger partial charge in [-0.3, -0.25) is 9.78 Å². The number of anilines is 1. The van der Waals surface area contributed by atoms with Crippen LogP contribution in [0, 0.1) is 0 Å². The predicted octanol–water partition coefficient (Wildman–Crippen LogP) is 2.37. The summed E-state index contributed by atoms with van der Waals surface area (Å²) in [5.74, 6) is 0.112. The third-order valence-corrected chi connectivity index (χ3v) is 3.05. The molecule has 0 aliphatic heterocycles. The number of carbonyl (C=O) groups excluding carboxylic acids is 1. The Kier molecular flexibility index (Phi) is 4.53. The van der Waals surface area contributed by atoms with Gasteiger partial charge in [0.1, 0.15) is 11.0 Å². The number of hydrogen-bond acceptors (Lipinski definition) is 4. The van der Waals surface area contributed by atoms with Crippen LogP contribution in [0.1, 0.15) is 22.8 Å². The van der Waals surface area contributed by atoms with Crippen molar-refractivity contribution in [1.29, 1.82) is 0 Å². The quantitative estimate of drug-likeness (QED) is 0.878. The molecule has 2 rings (SSSR count). The zero-order chi connectivity index (χ0) is 14.5. The van der Waals surface area contributed by atoms with Crippen LogP contribution >= 0.6 is 11.6 Å². The minimum atomic E-state index is -0.125. The predicted molar refractivity (Wildman–Crippen MR) is 78.3 cm³/mol. The highest BCUT2D eigenvalue weighted by atomic mass is 35.5. The zero-order valence-electron chi connectivity index (χ0n) is 11.1. The Bertz CT molecular complexity index is 583. The molecule has 0 radical (unpaired) electrons. The minimum Gasteiger partial charge on any atom is -0.384 e. The van der Waals surface area contributed by atoms with Crippen molar-refractivity contribution in [3.63, 3.8) is 0 Å². The Morgan fingerprint density at radius 3 is 2.65 bits per heavy atom. The van der Waals surface area contributed by atoms with E-state index in [-0.39, 0.29) is 16.9 Å². The molecule has 0 aromatic carbocycles. The summed E-state index contributed by atoms with van der Waals surface area (Å²) in [4.78, 5) is 22.0. The summed E-state index contributed by atoms with van der Waals surface area (Å²) in [5.41, 5.74) is 7.08. The molecule has 2 heterocycles. The minimum absolute atomic E-state index is 0.125. The van der Waals surface area contributed by atoms with Gasteiger partial charge in [-0.15, -0.1) is 0 Å². The standard InChI is InChI=1S/C14H15ClN4O/c1-2-19(9-10-3-5-17-6-4-10)14(20)11-7-12(15)18-13(16)8-11/h3-8H,2,9H2,1H3,(H2,16,18). The lowest BCUT2D eigenvalue weighted by atomic mass is 10.2. The molecule has 0 saturated carbocycles. The average Bonchev–Trinajstić information content (AvgIpc) is 2.44. The van der Waals surface area contributed by atoms with Crippen molar-refractivity contribution in [2.75, 3.05) is 12.3 Å². The fourth-order valence-corrected chi connectivity index (χ4v) is 2.07. The van der Waals surface area contributed by atoms with Crippen LogP contribution in [0.3, 0.4) is 0 Å². The van der Waals surface area contributed by atoms with E-state index in [1.54, 1.807) is 17.3 Å².